The van der Waals surface area contributed by atoms with E-state index in [0.717, 1.165) is 28.8 Å². The highest BCUT2D eigenvalue weighted by molar-refractivity contribution is 14.0. The Morgan fingerprint density at radius 2 is 1.70 bits per heavy atom. The van der Waals surface area contributed by atoms with Crippen molar-refractivity contribution < 1.29 is 14.2 Å². The standard InChI is InChI=1S/C21H32N4O3S.HI/c1-8-22-20(24-12-18-25-17(13-29-18)21(2,3)4)23-11-14-9-15(26-5)19(28-7)16(10-14)27-6;/h9-10,13H,8,11-12H2,1-7H3,(H2,22,23,24);1H. The van der Waals surface area contributed by atoms with E-state index in [-0.39, 0.29) is 29.4 Å². The summed E-state index contributed by atoms with van der Waals surface area (Å²) in [5.41, 5.74) is 2.12. The minimum absolute atomic E-state index is 0. The molecule has 0 aliphatic carbocycles. The van der Waals surface area contributed by atoms with Gasteiger partial charge in [-0.25, -0.2) is 9.98 Å². The van der Waals surface area contributed by atoms with Gasteiger partial charge in [-0.15, -0.1) is 35.3 Å². The summed E-state index contributed by atoms with van der Waals surface area (Å²) in [6.45, 7) is 10.4. The molecular weight excluding hydrogens is 515 g/mol. The van der Waals surface area contributed by atoms with Gasteiger partial charge in [-0.05, 0) is 24.6 Å². The zero-order valence-electron chi connectivity index (χ0n) is 18.8. The molecule has 0 unspecified atom stereocenters. The number of aliphatic imine (C=N–C) groups is 1. The Morgan fingerprint density at radius 1 is 1.07 bits per heavy atom. The first-order valence-electron chi connectivity index (χ1n) is 9.58. The summed E-state index contributed by atoms with van der Waals surface area (Å²) in [5, 5.41) is 9.78. The molecule has 0 radical (unpaired) electrons. The molecule has 2 rings (SSSR count). The highest BCUT2D eigenvalue weighted by Gasteiger charge is 2.17. The molecule has 1 aromatic carbocycles. The van der Waals surface area contributed by atoms with Gasteiger partial charge in [-0.2, -0.15) is 0 Å². The lowest BCUT2D eigenvalue weighted by Gasteiger charge is -2.15. The molecule has 9 heteroatoms. The third kappa shape index (κ3) is 7.19. The van der Waals surface area contributed by atoms with Crippen molar-refractivity contribution in [3.05, 3.63) is 33.8 Å². The topological polar surface area (TPSA) is 77.0 Å². The smallest absolute Gasteiger partial charge is 0.203 e. The van der Waals surface area contributed by atoms with Crippen LogP contribution in [0.15, 0.2) is 22.5 Å². The average Bonchev–Trinajstić information content (AvgIpc) is 3.18. The molecule has 2 N–H and O–H groups in total. The number of methoxy groups -OCH3 is 3. The normalized spacial score (nSPS) is 11.5. The summed E-state index contributed by atoms with van der Waals surface area (Å²) in [5.74, 6) is 2.54. The van der Waals surface area contributed by atoms with Crippen LogP contribution in [0.5, 0.6) is 17.2 Å². The Bertz CT molecular complexity index is 809. The van der Waals surface area contributed by atoms with Crippen molar-refractivity contribution in [3.8, 4) is 17.2 Å². The lowest BCUT2D eigenvalue weighted by atomic mass is 9.93. The molecule has 168 valence electrons. The van der Waals surface area contributed by atoms with Crippen LogP contribution in [0.2, 0.25) is 0 Å². The molecule has 7 nitrogen and oxygen atoms in total. The van der Waals surface area contributed by atoms with Crippen molar-refractivity contribution >= 4 is 41.3 Å². The quantitative estimate of drug-likeness (QED) is 0.291. The van der Waals surface area contributed by atoms with Crippen LogP contribution in [0.25, 0.3) is 0 Å². The fraction of sp³-hybridized carbons (Fsp3) is 0.524. The maximum atomic E-state index is 5.42. The second kappa shape index (κ2) is 12.2. The van der Waals surface area contributed by atoms with Crippen LogP contribution in [-0.4, -0.2) is 38.8 Å². The van der Waals surface area contributed by atoms with Gasteiger partial charge in [-0.1, -0.05) is 20.8 Å². The fourth-order valence-corrected chi connectivity index (χ4v) is 3.60. The summed E-state index contributed by atoms with van der Waals surface area (Å²) in [4.78, 5) is 9.40. The first-order valence-corrected chi connectivity index (χ1v) is 10.5. The average molecular weight is 548 g/mol. The molecule has 0 bridgehead atoms. The predicted molar refractivity (Wildman–Crippen MR) is 134 cm³/mol. The number of hydrogen-bond acceptors (Lipinski definition) is 6. The van der Waals surface area contributed by atoms with E-state index in [9.17, 15) is 0 Å². The number of rotatable bonds is 8. The zero-order valence-corrected chi connectivity index (χ0v) is 21.9. The summed E-state index contributed by atoms with van der Waals surface area (Å²) < 4.78 is 16.2. The molecule has 0 spiro atoms. The van der Waals surface area contributed by atoms with E-state index in [4.69, 9.17) is 19.2 Å². The second-order valence-corrected chi connectivity index (χ2v) is 8.40. The van der Waals surface area contributed by atoms with Gasteiger partial charge in [0.1, 0.15) is 5.01 Å². The number of aromatic nitrogens is 1. The zero-order chi connectivity index (χ0) is 21.4. The molecule has 0 aliphatic heterocycles. The van der Waals surface area contributed by atoms with Crippen LogP contribution < -0.4 is 24.8 Å². The van der Waals surface area contributed by atoms with E-state index in [0.29, 0.717) is 30.3 Å². The largest absolute Gasteiger partial charge is 0.493 e. The van der Waals surface area contributed by atoms with E-state index >= 15 is 0 Å². The van der Waals surface area contributed by atoms with E-state index < -0.39 is 0 Å². The Labute approximate surface area is 200 Å². The molecule has 2 aromatic rings. The summed E-state index contributed by atoms with van der Waals surface area (Å²) in [7, 11) is 4.81. The van der Waals surface area contributed by atoms with Crippen molar-refractivity contribution in [2.24, 2.45) is 4.99 Å². The number of ether oxygens (including phenoxy) is 3. The molecule has 1 aromatic heterocycles. The second-order valence-electron chi connectivity index (χ2n) is 7.46. The van der Waals surface area contributed by atoms with Gasteiger partial charge in [-0.3, -0.25) is 0 Å². The summed E-state index contributed by atoms with van der Waals surface area (Å²) in [6, 6.07) is 3.82. The Balaban J connectivity index is 0.00000450. The SMILES string of the molecule is CCNC(=NCc1cc(OC)c(OC)c(OC)c1)NCc1nc(C(C)(C)C)cs1.I. The lowest BCUT2D eigenvalue weighted by molar-refractivity contribution is 0.324. The first kappa shape index (κ1) is 26.3. The van der Waals surface area contributed by atoms with Crippen molar-refractivity contribution in [2.45, 2.75) is 46.2 Å². The molecule has 0 atom stereocenters. The maximum Gasteiger partial charge on any atom is 0.203 e. The molecule has 1 heterocycles. The highest BCUT2D eigenvalue weighted by Crippen LogP contribution is 2.38. The predicted octanol–water partition coefficient (Wildman–Crippen LogP) is 4.34. The Morgan fingerprint density at radius 3 is 2.17 bits per heavy atom. The number of thiazole rings is 1. The van der Waals surface area contributed by atoms with E-state index in [1.807, 2.05) is 19.1 Å². The van der Waals surface area contributed by atoms with Crippen LogP contribution in [0.1, 0.15) is 44.0 Å². The van der Waals surface area contributed by atoms with Gasteiger partial charge >= 0.3 is 0 Å². The van der Waals surface area contributed by atoms with Crippen molar-refractivity contribution in [2.75, 3.05) is 27.9 Å². The van der Waals surface area contributed by atoms with Crippen LogP contribution in [0.4, 0.5) is 0 Å². The Kier molecular flexibility index (Phi) is 10.7. The molecular formula is C21H33IN4O3S. The van der Waals surface area contributed by atoms with Gasteiger partial charge in [0.15, 0.2) is 17.5 Å². The number of halogens is 1. The van der Waals surface area contributed by atoms with Gasteiger partial charge < -0.3 is 24.8 Å². The van der Waals surface area contributed by atoms with Gasteiger partial charge in [0.2, 0.25) is 5.75 Å². The highest BCUT2D eigenvalue weighted by atomic mass is 127. The lowest BCUT2D eigenvalue weighted by Crippen LogP contribution is -2.36. The minimum atomic E-state index is 0. The van der Waals surface area contributed by atoms with E-state index in [2.05, 4.69) is 41.8 Å². The van der Waals surface area contributed by atoms with Crippen molar-refractivity contribution in [1.29, 1.82) is 0 Å². The maximum absolute atomic E-state index is 5.42. The van der Waals surface area contributed by atoms with E-state index in [1.54, 1.807) is 32.7 Å². The van der Waals surface area contributed by atoms with Crippen LogP contribution in [-0.2, 0) is 18.5 Å². The number of guanidine groups is 1. The van der Waals surface area contributed by atoms with E-state index in [1.165, 1.54) is 0 Å². The summed E-state index contributed by atoms with van der Waals surface area (Å²) in [6.07, 6.45) is 0. The van der Waals surface area contributed by atoms with Gasteiger partial charge in [0, 0.05) is 17.3 Å². The van der Waals surface area contributed by atoms with Crippen molar-refractivity contribution in [3.63, 3.8) is 0 Å². The number of nitrogens with zero attached hydrogens (tertiary/aromatic N) is 2. The monoisotopic (exact) mass is 548 g/mol. The molecule has 30 heavy (non-hydrogen) atoms. The minimum Gasteiger partial charge on any atom is -0.493 e. The third-order valence-electron chi connectivity index (χ3n) is 4.22. The number of benzene rings is 1. The van der Waals surface area contributed by atoms with Crippen LogP contribution in [0, 0.1) is 0 Å². The molecule has 0 saturated heterocycles. The van der Waals surface area contributed by atoms with Crippen molar-refractivity contribution in [1.82, 2.24) is 15.6 Å². The fourth-order valence-electron chi connectivity index (χ4n) is 2.63. The first-order chi connectivity index (χ1) is 13.8. The van der Waals surface area contributed by atoms with Crippen LogP contribution >= 0.6 is 35.3 Å². The third-order valence-corrected chi connectivity index (χ3v) is 5.06. The molecule has 0 fully saturated rings. The molecule has 0 aliphatic rings. The van der Waals surface area contributed by atoms with Gasteiger partial charge in [0.05, 0.1) is 40.1 Å². The molecule has 0 saturated carbocycles. The number of nitrogens with one attached hydrogen (secondary N) is 2. The molecule has 0 amide bonds. The van der Waals surface area contributed by atoms with Gasteiger partial charge in [0.25, 0.3) is 0 Å². The Hall–Kier alpha value is -1.75. The number of hydrogen-bond donors (Lipinski definition) is 2. The summed E-state index contributed by atoms with van der Waals surface area (Å²) >= 11 is 1.66. The van der Waals surface area contributed by atoms with Crippen LogP contribution in [0.3, 0.4) is 0 Å².